The Morgan fingerprint density at radius 1 is 1.08 bits per heavy atom. The number of rotatable bonds is 2. The van der Waals surface area contributed by atoms with Gasteiger partial charge in [-0.25, -0.2) is 9.97 Å². The van der Waals surface area contributed by atoms with Crippen LogP contribution in [0.25, 0.3) is 0 Å². The molecule has 2 amide bonds. The lowest BCUT2D eigenvalue weighted by Gasteiger charge is -2.50. The fraction of sp³-hybridized carbons (Fsp3) is 0.529. The molecular weight excluding hydrogens is 356 g/mol. The average Bonchev–Trinajstić information content (AvgIpc) is 3.16. The highest BCUT2D eigenvalue weighted by Gasteiger charge is 2.43. The topological polar surface area (TPSA) is 66.4 Å². The van der Waals surface area contributed by atoms with Crippen molar-refractivity contribution in [3.63, 3.8) is 0 Å². The predicted octanol–water partition coefficient (Wildman–Crippen LogP) is 2.98. The van der Waals surface area contributed by atoms with Crippen LogP contribution in [0, 0.1) is 13.8 Å². The van der Waals surface area contributed by atoms with E-state index in [4.69, 9.17) is 0 Å². The summed E-state index contributed by atoms with van der Waals surface area (Å²) in [4.78, 5) is 39.4. The van der Waals surface area contributed by atoms with Crippen molar-refractivity contribution in [3.05, 3.63) is 32.2 Å². The van der Waals surface area contributed by atoms with Crippen molar-refractivity contribution < 1.29 is 9.59 Å². The summed E-state index contributed by atoms with van der Waals surface area (Å²) in [6.07, 6.45) is 0. The molecule has 0 aromatic carbocycles. The van der Waals surface area contributed by atoms with Crippen LogP contribution in [-0.2, 0) is 0 Å². The summed E-state index contributed by atoms with van der Waals surface area (Å²) in [7, 11) is 0. The summed E-state index contributed by atoms with van der Waals surface area (Å²) in [5, 5.41) is 0. The van der Waals surface area contributed by atoms with Crippen LogP contribution in [0.5, 0.6) is 0 Å². The number of thiazole rings is 2. The van der Waals surface area contributed by atoms with E-state index in [1.807, 2.05) is 44.4 Å². The number of amides is 2. The largest absolute Gasteiger partial charge is 0.331 e. The molecule has 3 rings (SSSR count). The molecule has 0 aliphatic carbocycles. The molecule has 2 aromatic heterocycles. The van der Waals surface area contributed by atoms with Gasteiger partial charge in [0.25, 0.3) is 11.8 Å². The van der Waals surface area contributed by atoms with E-state index in [0.29, 0.717) is 22.8 Å². The highest BCUT2D eigenvalue weighted by atomic mass is 32.1. The quantitative estimate of drug-likeness (QED) is 0.806. The minimum absolute atomic E-state index is 0.00152. The maximum absolute atomic E-state index is 13.0. The summed E-state index contributed by atoms with van der Waals surface area (Å²) in [6.45, 7) is 10.7. The minimum atomic E-state index is -0.450. The molecule has 1 aliphatic heterocycles. The number of carbonyl (C=O) groups is 2. The van der Waals surface area contributed by atoms with Crippen LogP contribution < -0.4 is 0 Å². The molecule has 2 aromatic rings. The molecule has 134 valence electrons. The third-order valence-electron chi connectivity index (χ3n) is 4.65. The lowest BCUT2D eigenvalue weighted by molar-refractivity contribution is -0.000125. The Morgan fingerprint density at radius 3 is 2.08 bits per heavy atom. The molecule has 6 nitrogen and oxygen atoms in total. The van der Waals surface area contributed by atoms with E-state index in [9.17, 15) is 9.59 Å². The molecule has 1 atom stereocenters. The zero-order valence-electron chi connectivity index (χ0n) is 15.1. The van der Waals surface area contributed by atoms with Crippen molar-refractivity contribution in [1.29, 1.82) is 0 Å². The van der Waals surface area contributed by atoms with Gasteiger partial charge in [-0.1, -0.05) is 0 Å². The van der Waals surface area contributed by atoms with Gasteiger partial charge in [-0.3, -0.25) is 9.59 Å². The summed E-state index contributed by atoms with van der Waals surface area (Å²) < 4.78 is 0. The lowest BCUT2D eigenvalue weighted by Crippen LogP contribution is -2.65. The number of aryl methyl sites for hydroxylation is 2. The number of carbonyl (C=O) groups excluding carboxylic acids is 2. The normalized spacial score (nSPS) is 20.0. The maximum atomic E-state index is 13.0. The smallest absolute Gasteiger partial charge is 0.266 e. The highest BCUT2D eigenvalue weighted by molar-refractivity contribution is 7.12. The summed E-state index contributed by atoms with van der Waals surface area (Å²) >= 11 is 2.74. The molecule has 3 heterocycles. The second kappa shape index (κ2) is 6.49. The molecule has 8 heteroatoms. The fourth-order valence-corrected chi connectivity index (χ4v) is 4.67. The molecule has 0 spiro atoms. The van der Waals surface area contributed by atoms with Gasteiger partial charge in [0.1, 0.15) is 9.75 Å². The van der Waals surface area contributed by atoms with E-state index in [1.165, 1.54) is 22.7 Å². The zero-order valence-corrected chi connectivity index (χ0v) is 16.7. The van der Waals surface area contributed by atoms with Gasteiger partial charge in [0.15, 0.2) is 0 Å². The fourth-order valence-electron chi connectivity index (χ4n) is 3.17. The van der Waals surface area contributed by atoms with Gasteiger partial charge in [0.2, 0.25) is 0 Å². The Hall–Kier alpha value is -1.80. The van der Waals surface area contributed by atoms with Gasteiger partial charge in [-0.05, 0) is 34.6 Å². The van der Waals surface area contributed by atoms with E-state index in [0.717, 1.165) is 11.4 Å². The zero-order chi connectivity index (χ0) is 18.4. The van der Waals surface area contributed by atoms with E-state index in [1.54, 1.807) is 11.0 Å². The Bertz CT molecular complexity index is 811. The van der Waals surface area contributed by atoms with Crippen LogP contribution in [0.3, 0.4) is 0 Å². The van der Waals surface area contributed by atoms with Crippen molar-refractivity contribution in [2.75, 3.05) is 13.1 Å². The van der Waals surface area contributed by atoms with Crippen LogP contribution in [-0.4, -0.2) is 56.3 Å². The second-order valence-electron chi connectivity index (χ2n) is 7.04. The monoisotopic (exact) mass is 378 g/mol. The third kappa shape index (κ3) is 3.20. The van der Waals surface area contributed by atoms with E-state index >= 15 is 0 Å². The molecule has 1 fully saturated rings. The van der Waals surface area contributed by atoms with Crippen molar-refractivity contribution in [2.45, 2.75) is 46.2 Å². The van der Waals surface area contributed by atoms with Crippen molar-refractivity contribution >= 4 is 34.5 Å². The summed E-state index contributed by atoms with van der Waals surface area (Å²) in [5.41, 5.74) is 4.47. The van der Waals surface area contributed by atoms with Gasteiger partial charge in [-0.2, -0.15) is 0 Å². The number of hydrogen-bond donors (Lipinski definition) is 0. The van der Waals surface area contributed by atoms with Crippen LogP contribution in [0.4, 0.5) is 0 Å². The number of nitrogens with zero attached hydrogens (tertiary/aromatic N) is 4. The van der Waals surface area contributed by atoms with Crippen LogP contribution >= 0.6 is 22.7 Å². The molecular formula is C17H22N4O2S2. The van der Waals surface area contributed by atoms with Gasteiger partial charge >= 0.3 is 0 Å². The minimum Gasteiger partial charge on any atom is -0.331 e. The Balaban J connectivity index is 1.85. The summed E-state index contributed by atoms with van der Waals surface area (Å²) in [6, 6.07) is -0.0563. The molecule has 0 saturated carbocycles. The Kier molecular flexibility index (Phi) is 4.68. The molecule has 25 heavy (non-hydrogen) atoms. The first-order valence-electron chi connectivity index (χ1n) is 8.15. The molecule has 1 unspecified atom stereocenters. The number of aromatic nitrogens is 2. The Labute approximate surface area is 155 Å². The second-order valence-corrected chi connectivity index (χ2v) is 8.75. The van der Waals surface area contributed by atoms with E-state index in [-0.39, 0.29) is 17.9 Å². The van der Waals surface area contributed by atoms with Crippen molar-refractivity contribution in [3.8, 4) is 0 Å². The molecule has 0 bridgehead atoms. The highest BCUT2D eigenvalue weighted by Crippen LogP contribution is 2.30. The van der Waals surface area contributed by atoms with E-state index < -0.39 is 5.54 Å². The average molecular weight is 379 g/mol. The van der Waals surface area contributed by atoms with E-state index in [2.05, 4.69) is 9.97 Å². The first-order valence-corrected chi connectivity index (χ1v) is 9.91. The molecule has 0 N–H and O–H groups in total. The predicted molar refractivity (Wildman–Crippen MR) is 99.3 cm³/mol. The van der Waals surface area contributed by atoms with Gasteiger partial charge in [0.05, 0.1) is 27.9 Å². The molecule has 0 radical (unpaired) electrons. The van der Waals surface area contributed by atoms with Crippen molar-refractivity contribution in [2.24, 2.45) is 0 Å². The number of hydrogen-bond acceptors (Lipinski definition) is 6. The lowest BCUT2D eigenvalue weighted by atomic mass is 9.95. The first-order chi connectivity index (χ1) is 11.7. The van der Waals surface area contributed by atoms with Gasteiger partial charge < -0.3 is 9.80 Å². The van der Waals surface area contributed by atoms with Gasteiger partial charge in [-0.15, -0.1) is 22.7 Å². The first kappa shape index (κ1) is 18.0. The van der Waals surface area contributed by atoms with Gasteiger partial charge in [0, 0.05) is 19.1 Å². The Morgan fingerprint density at radius 2 is 1.60 bits per heavy atom. The van der Waals surface area contributed by atoms with Crippen LogP contribution in [0.15, 0.2) is 11.0 Å². The van der Waals surface area contributed by atoms with Crippen molar-refractivity contribution in [1.82, 2.24) is 19.8 Å². The third-order valence-corrected chi connectivity index (χ3v) is 6.49. The summed E-state index contributed by atoms with van der Waals surface area (Å²) in [5.74, 6) is -0.000403. The standard InChI is InChI=1S/C17H22N4O2S2/c1-10-6-21(16(23)14-12(3)19-9-25-14)17(4,5)7-20(10)15(22)13-11(2)18-8-24-13/h8-10H,6-7H2,1-5H3. The van der Waals surface area contributed by atoms with Crippen LogP contribution in [0.1, 0.15) is 51.5 Å². The van der Waals surface area contributed by atoms with Crippen LogP contribution in [0.2, 0.25) is 0 Å². The SMILES string of the molecule is Cc1ncsc1C(=O)N1CC(C)(C)N(C(=O)c2scnc2C)CC1C. The number of piperazine rings is 1. The molecule has 1 saturated heterocycles. The molecule has 1 aliphatic rings. The maximum Gasteiger partial charge on any atom is 0.266 e.